The summed E-state index contributed by atoms with van der Waals surface area (Å²) in [6.07, 6.45) is 1.74. The monoisotopic (exact) mass is 327 g/mol. The molecule has 4 aromatic rings. The van der Waals surface area contributed by atoms with Gasteiger partial charge in [-0.25, -0.2) is 4.98 Å². The number of aryl methyl sites for hydroxylation is 1. The van der Waals surface area contributed by atoms with Crippen molar-refractivity contribution in [1.82, 2.24) is 15.0 Å². The molecule has 2 heterocycles. The van der Waals surface area contributed by atoms with Crippen molar-refractivity contribution in [3.8, 4) is 23.1 Å². The fourth-order valence-corrected chi connectivity index (χ4v) is 2.67. The zero-order chi connectivity index (χ0) is 17.2. The van der Waals surface area contributed by atoms with Crippen LogP contribution in [0.25, 0.3) is 22.4 Å². The molecule has 0 saturated carbocycles. The molecule has 4 nitrogen and oxygen atoms in total. The summed E-state index contributed by atoms with van der Waals surface area (Å²) in [6.45, 7) is 4.12. The second-order valence-electron chi connectivity index (χ2n) is 5.88. The number of hydrogen-bond acceptors (Lipinski definition) is 4. The summed E-state index contributed by atoms with van der Waals surface area (Å²) in [5.74, 6) is 1.90. The van der Waals surface area contributed by atoms with E-state index in [4.69, 9.17) is 4.74 Å². The third kappa shape index (κ3) is 2.94. The van der Waals surface area contributed by atoms with Crippen LogP contribution in [0.5, 0.6) is 11.6 Å². The van der Waals surface area contributed by atoms with Crippen molar-refractivity contribution < 1.29 is 4.74 Å². The molecule has 4 heteroatoms. The van der Waals surface area contributed by atoms with E-state index in [2.05, 4.69) is 27.9 Å². The Hall–Kier alpha value is -3.27. The number of aromatic nitrogens is 3. The lowest BCUT2D eigenvalue weighted by Crippen LogP contribution is -1.98. The van der Waals surface area contributed by atoms with Gasteiger partial charge in [0.15, 0.2) is 5.82 Å². The largest absolute Gasteiger partial charge is 0.438 e. The minimum atomic E-state index is 0.542. The third-order valence-corrected chi connectivity index (χ3v) is 4.22. The van der Waals surface area contributed by atoms with Crippen molar-refractivity contribution in [3.05, 3.63) is 78.0 Å². The molecule has 25 heavy (non-hydrogen) atoms. The highest BCUT2D eigenvalue weighted by Crippen LogP contribution is 2.31. The van der Waals surface area contributed by atoms with Crippen LogP contribution < -0.4 is 4.74 Å². The van der Waals surface area contributed by atoms with Gasteiger partial charge < -0.3 is 4.74 Å². The highest BCUT2D eigenvalue weighted by Gasteiger charge is 2.13. The van der Waals surface area contributed by atoms with Crippen molar-refractivity contribution in [3.63, 3.8) is 0 Å². The molecule has 0 aliphatic carbocycles. The van der Waals surface area contributed by atoms with Gasteiger partial charge in [0.2, 0.25) is 5.88 Å². The number of ether oxygens (including phenoxy) is 1. The van der Waals surface area contributed by atoms with E-state index >= 15 is 0 Å². The zero-order valence-electron chi connectivity index (χ0n) is 14.1. The van der Waals surface area contributed by atoms with Crippen LogP contribution >= 0.6 is 0 Å². The molecule has 2 aromatic carbocycles. The molecule has 0 amide bonds. The Morgan fingerprint density at radius 3 is 2.48 bits per heavy atom. The van der Waals surface area contributed by atoms with E-state index in [1.807, 2.05) is 61.5 Å². The van der Waals surface area contributed by atoms with Gasteiger partial charge in [0, 0.05) is 6.20 Å². The minimum Gasteiger partial charge on any atom is -0.438 e. The fourth-order valence-electron chi connectivity index (χ4n) is 2.67. The summed E-state index contributed by atoms with van der Waals surface area (Å²) in [7, 11) is 0. The highest BCUT2D eigenvalue weighted by atomic mass is 16.5. The Morgan fingerprint density at radius 2 is 1.64 bits per heavy atom. The molecule has 2 aromatic heterocycles. The number of pyridine rings is 1. The van der Waals surface area contributed by atoms with Crippen LogP contribution in [-0.4, -0.2) is 15.0 Å². The van der Waals surface area contributed by atoms with E-state index in [1.165, 1.54) is 5.56 Å². The fraction of sp³-hybridized carbons (Fsp3) is 0.0952. The van der Waals surface area contributed by atoms with Gasteiger partial charge in [-0.3, -0.25) is 4.98 Å². The Balaban J connectivity index is 1.88. The molecule has 0 radical (unpaired) electrons. The SMILES string of the molecule is Cc1cccc(Oc2nc(-c3ccccn3)nc3ccccc23)c1C. The number of para-hydroxylation sites is 1. The molecule has 0 N–H and O–H groups in total. The number of rotatable bonds is 3. The van der Waals surface area contributed by atoms with Crippen molar-refractivity contribution in [2.75, 3.05) is 0 Å². The second kappa shape index (κ2) is 6.32. The molecule has 0 unspecified atom stereocenters. The van der Waals surface area contributed by atoms with Crippen molar-refractivity contribution >= 4 is 10.9 Å². The maximum Gasteiger partial charge on any atom is 0.230 e. The molecule has 0 aliphatic heterocycles. The Labute approximate surface area is 146 Å². The number of fused-ring (bicyclic) bond motifs is 1. The van der Waals surface area contributed by atoms with Gasteiger partial charge in [-0.15, -0.1) is 0 Å². The number of benzene rings is 2. The maximum atomic E-state index is 6.19. The molecule has 0 saturated heterocycles. The van der Waals surface area contributed by atoms with E-state index in [0.717, 1.165) is 27.9 Å². The lowest BCUT2D eigenvalue weighted by atomic mass is 10.1. The Bertz CT molecular complexity index is 1050. The minimum absolute atomic E-state index is 0.542. The van der Waals surface area contributed by atoms with Crippen LogP contribution in [-0.2, 0) is 0 Å². The van der Waals surface area contributed by atoms with Crippen LogP contribution in [0.1, 0.15) is 11.1 Å². The summed E-state index contributed by atoms with van der Waals surface area (Å²) in [5.41, 5.74) is 3.84. The van der Waals surface area contributed by atoms with Gasteiger partial charge in [-0.1, -0.05) is 30.3 Å². The number of nitrogens with zero attached hydrogens (tertiary/aromatic N) is 3. The lowest BCUT2D eigenvalue weighted by Gasteiger charge is -2.12. The van der Waals surface area contributed by atoms with Gasteiger partial charge in [0.25, 0.3) is 0 Å². The zero-order valence-corrected chi connectivity index (χ0v) is 14.1. The molecular formula is C21H17N3O. The molecule has 0 spiro atoms. The standard InChI is InChI=1S/C21H17N3O/c1-14-8-7-12-19(15(14)2)25-21-16-9-3-4-10-17(16)23-20(24-21)18-11-5-6-13-22-18/h3-13H,1-2H3. The lowest BCUT2D eigenvalue weighted by molar-refractivity contribution is 0.465. The van der Waals surface area contributed by atoms with Crippen molar-refractivity contribution in [2.45, 2.75) is 13.8 Å². The first-order chi connectivity index (χ1) is 12.2. The van der Waals surface area contributed by atoms with Crippen LogP contribution in [0, 0.1) is 13.8 Å². The Kier molecular flexibility index (Phi) is 3.86. The quantitative estimate of drug-likeness (QED) is 0.525. The summed E-state index contributed by atoms with van der Waals surface area (Å²) in [4.78, 5) is 13.6. The molecule has 0 bridgehead atoms. The van der Waals surface area contributed by atoms with Gasteiger partial charge >= 0.3 is 0 Å². The molecule has 0 atom stereocenters. The normalized spacial score (nSPS) is 10.8. The third-order valence-electron chi connectivity index (χ3n) is 4.22. The van der Waals surface area contributed by atoms with E-state index in [9.17, 15) is 0 Å². The first kappa shape index (κ1) is 15.3. The molecular weight excluding hydrogens is 310 g/mol. The topological polar surface area (TPSA) is 47.9 Å². The Morgan fingerprint density at radius 1 is 0.800 bits per heavy atom. The predicted molar refractivity (Wildman–Crippen MR) is 98.8 cm³/mol. The maximum absolute atomic E-state index is 6.19. The average Bonchev–Trinajstić information content (AvgIpc) is 2.66. The molecule has 0 aliphatic rings. The van der Waals surface area contributed by atoms with Crippen LogP contribution in [0.3, 0.4) is 0 Å². The second-order valence-corrected chi connectivity index (χ2v) is 5.88. The van der Waals surface area contributed by atoms with E-state index < -0.39 is 0 Å². The molecule has 4 rings (SSSR count). The van der Waals surface area contributed by atoms with Crippen molar-refractivity contribution in [2.24, 2.45) is 0 Å². The van der Waals surface area contributed by atoms with Crippen LogP contribution in [0.2, 0.25) is 0 Å². The molecule has 122 valence electrons. The summed E-state index contributed by atoms with van der Waals surface area (Å²) >= 11 is 0. The van der Waals surface area contributed by atoms with Crippen molar-refractivity contribution in [1.29, 1.82) is 0 Å². The first-order valence-electron chi connectivity index (χ1n) is 8.14. The van der Waals surface area contributed by atoms with Gasteiger partial charge in [-0.05, 0) is 55.3 Å². The van der Waals surface area contributed by atoms with Crippen LogP contribution in [0.4, 0.5) is 0 Å². The average molecular weight is 327 g/mol. The van der Waals surface area contributed by atoms with Gasteiger partial charge in [0.1, 0.15) is 11.4 Å². The summed E-state index contributed by atoms with van der Waals surface area (Å²) in [6, 6.07) is 19.6. The van der Waals surface area contributed by atoms with E-state index in [0.29, 0.717) is 11.7 Å². The van der Waals surface area contributed by atoms with Gasteiger partial charge in [-0.2, -0.15) is 4.98 Å². The van der Waals surface area contributed by atoms with E-state index in [-0.39, 0.29) is 0 Å². The predicted octanol–water partition coefficient (Wildman–Crippen LogP) is 5.10. The molecule has 0 fully saturated rings. The first-order valence-corrected chi connectivity index (χ1v) is 8.14. The summed E-state index contributed by atoms with van der Waals surface area (Å²) in [5, 5.41) is 0.878. The van der Waals surface area contributed by atoms with Crippen LogP contribution in [0.15, 0.2) is 66.9 Å². The van der Waals surface area contributed by atoms with E-state index in [1.54, 1.807) is 6.20 Å². The van der Waals surface area contributed by atoms with Gasteiger partial charge in [0.05, 0.1) is 10.9 Å². The smallest absolute Gasteiger partial charge is 0.230 e. The highest BCUT2D eigenvalue weighted by molar-refractivity contribution is 5.85. The number of hydrogen-bond donors (Lipinski definition) is 0. The summed E-state index contributed by atoms with van der Waals surface area (Å²) < 4.78 is 6.19.